The van der Waals surface area contributed by atoms with Gasteiger partial charge in [0.05, 0.1) is 32.7 Å². The van der Waals surface area contributed by atoms with Crippen LogP contribution in [0.1, 0.15) is 13.8 Å². The Morgan fingerprint density at radius 3 is 2.40 bits per heavy atom. The van der Waals surface area contributed by atoms with Crippen LogP contribution in [0.4, 0.5) is 17.1 Å². The van der Waals surface area contributed by atoms with Gasteiger partial charge in [0, 0.05) is 23.1 Å². The van der Waals surface area contributed by atoms with Crippen LogP contribution in [0.5, 0.6) is 11.5 Å². The number of fused-ring (bicyclic) bond motifs is 1. The monoisotopic (exact) mass is 411 g/mol. The number of quaternary nitrogens is 1. The molecule has 1 amide bonds. The van der Waals surface area contributed by atoms with Crippen molar-refractivity contribution in [3.05, 3.63) is 42.5 Å². The second-order valence-corrected chi connectivity index (χ2v) is 7.85. The lowest BCUT2D eigenvalue weighted by atomic mass is 10.2. The van der Waals surface area contributed by atoms with E-state index >= 15 is 0 Å². The zero-order valence-electron chi connectivity index (χ0n) is 17.7. The highest BCUT2D eigenvalue weighted by molar-refractivity contribution is 5.96. The highest BCUT2D eigenvalue weighted by Gasteiger charge is 2.19. The number of hydrogen-bond acceptors (Lipinski definition) is 5. The van der Waals surface area contributed by atoms with Crippen molar-refractivity contribution >= 4 is 23.0 Å². The molecule has 1 saturated heterocycles. The van der Waals surface area contributed by atoms with Crippen molar-refractivity contribution in [1.82, 2.24) is 0 Å². The van der Waals surface area contributed by atoms with Crippen LogP contribution in [0, 0.1) is 0 Å². The van der Waals surface area contributed by atoms with Crippen molar-refractivity contribution in [1.29, 1.82) is 0 Å². The second kappa shape index (κ2) is 9.26. The molecule has 2 heterocycles. The first-order valence-electron chi connectivity index (χ1n) is 10.8. The smallest absolute Gasteiger partial charge is 0.246 e. The Morgan fingerprint density at radius 2 is 1.70 bits per heavy atom. The SMILES string of the molecule is CC[NH+]1CCN(c2ccc(N[C@@H](C)C(=O)Nc3ccc4c(c3)OCCO4)cc2)CC1. The third kappa shape index (κ3) is 4.79. The number of carbonyl (C=O) groups excluding carboxylic acids is 1. The van der Waals surface area contributed by atoms with Crippen LogP contribution >= 0.6 is 0 Å². The van der Waals surface area contributed by atoms with E-state index in [0.29, 0.717) is 30.4 Å². The van der Waals surface area contributed by atoms with E-state index in [-0.39, 0.29) is 11.9 Å². The summed E-state index contributed by atoms with van der Waals surface area (Å²) in [7, 11) is 0. The number of nitrogens with one attached hydrogen (secondary N) is 3. The fraction of sp³-hybridized carbons (Fsp3) is 0.435. The highest BCUT2D eigenvalue weighted by Crippen LogP contribution is 2.32. The number of piperazine rings is 1. The van der Waals surface area contributed by atoms with Gasteiger partial charge < -0.3 is 29.9 Å². The zero-order chi connectivity index (χ0) is 20.9. The second-order valence-electron chi connectivity index (χ2n) is 7.85. The molecule has 160 valence electrons. The van der Waals surface area contributed by atoms with E-state index in [1.807, 2.05) is 31.2 Å². The summed E-state index contributed by atoms with van der Waals surface area (Å²) in [4.78, 5) is 16.7. The normalized spacial score (nSPS) is 17.3. The Labute approximate surface area is 177 Å². The minimum absolute atomic E-state index is 0.102. The predicted octanol–water partition coefficient (Wildman–Crippen LogP) is 1.62. The molecule has 4 rings (SSSR count). The number of ether oxygens (including phenoxy) is 2. The van der Waals surface area contributed by atoms with Gasteiger partial charge in [-0.1, -0.05) is 0 Å². The van der Waals surface area contributed by atoms with Crippen LogP contribution < -0.4 is 29.9 Å². The molecular formula is C23H31N4O3+. The summed E-state index contributed by atoms with van der Waals surface area (Å²) in [6.07, 6.45) is 0. The summed E-state index contributed by atoms with van der Waals surface area (Å²) < 4.78 is 11.1. The molecule has 0 bridgehead atoms. The molecule has 0 aromatic heterocycles. The van der Waals surface area contributed by atoms with Crippen molar-refractivity contribution in [3.63, 3.8) is 0 Å². The summed E-state index contributed by atoms with van der Waals surface area (Å²) in [5, 5.41) is 6.22. The van der Waals surface area contributed by atoms with Gasteiger partial charge in [0.15, 0.2) is 11.5 Å². The molecule has 7 nitrogen and oxygen atoms in total. The summed E-state index contributed by atoms with van der Waals surface area (Å²) in [5.41, 5.74) is 2.87. The first kappa shape index (κ1) is 20.3. The topological polar surface area (TPSA) is 67.3 Å². The molecule has 0 spiro atoms. The van der Waals surface area contributed by atoms with Gasteiger partial charge in [0.2, 0.25) is 5.91 Å². The van der Waals surface area contributed by atoms with Gasteiger partial charge in [-0.2, -0.15) is 0 Å². The van der Waals surface area contributed by atoms with E-state index in [1.165, 1.54) is 25.3 Å². The molecule has 1 atom stereocenters. The molecule has 7 heteroatoms. The van der Waals surface area contributed by atoms with E-state index in [2.05, 4.69) is 34.6 Å². The number of amides is 1. The maximum absolute atomic E-state index is 12.6. The molecule has 0 radical (unpaired) electrons. The molecule has 2 aliphatic heterocycles. The number of likely N-dealkylation sites (N-methyl/N-ethyl adjacent to an activating group) is 1. The molecule has 0 saturated carbocycles. The quantitative estimate of drug-likeness (QED) is 0.674. The lowest BCUT2D eigenvalue weighted by Gasteiger charge is -2.33. The predicted molar refractivity (Wildman–Crippen MR) is 119 cm³/mol. The van der Waals surface area contributed by atoms with Crippen LogP contribution in [0.15, 0.2) is 42.5 Å². The highest BCUT2D eigenvalue weighted by atomic mass is 16.6. The zero-order valence-corrected chi connectivity index (χ0v) is 17.7. The fourth-order valence-electron chi connectivity index (χ4n) is 3.89. The first-order valence-corrected chi connectivity index (χ1v) is 10.8. The molecular weight excluding hydrogens is 380 g/mol. The Morgan fingerprint density at radius 1 is 1.03 bits per heavy atom. The molecule has 2 aromatic rings. The standard InChI is InChI=1S/C23H30N4O3/c1-3-26-10-12-27(13-11-26)20-7-4-18(5-8-20)24-17(2)23(28)25-19-6-9-21-22(16-19)30-15-14-29-21/h4-9,16-17,24H,3,10-15H2,1-2H3,(H,25,28)/p+1/t17-/m0/s1. The number of anilines is 3. The molecule has 30 heavy (non-hydrogen) atoms. The molecule has 1 fully saturated rings. The number of benzene rings is 2. The van der Waals surface area contributed by atoms with E-state index in [1.54, 1.807) is 11.0 Å². The van der Waals surface area contributed by atoms with Gasteiger partial charge in [-0.05, 0) is 50.2 Å². The molecule has 0 aliphatic carbocycles. The third-order valence-electron chi connectivity index (χ3n) is 5.79. The van der Waals surface area contributed by atoms with Gasteiger partial charge in [-0.25, -0.2) is 0 Å². The van der Waals surface area contributed by atoms with Crippen molar-refractivity contribution in [2.75, 3.05) is 61.5 Å². The molecule has 2 aliphatic rings. The number of carbonyl (C=O) groups is 1. The Hall–Kier alpha value is -2.93. The summed E-state index contributed by atoms with van der Waals surface area (Å²) in [6, 6.07) is 13.4. The van der Waals surface area contributed by atoms with Crippen LogP contribution in [-0.2, 0) is 4.79 Å². The van der Waals surface area contributed by atoms with Crippen molar-refractivity contribution < 1.29 is 19.2 Å². The summed E-state index contributed by atoms with van der Waals surface area (Å²) in [5.74, 6) is 1.27. The average Bonchev–Trinajstić information content (AvgIpc) is 2.79. The van der Waals surface area contributed by atoms with Gasteiger partial charge in [0.25, 0.3) is 0 Å². The van der Waals surface area contributed by atoms with Gasteiger partial charge in [-0.3, -0.25) is 4.79 Å². The van der Waals surface area contributed by atoms with Gasteiger partial charge in [0.1, 0.15) is 19.3 Å². The number of nitrogens with zero attached hydrogens (tertiary/aromatic N) is 1. The summed E-state index contributed by atoms with van der Waals surface area (Å²) >= 11 is 0. The largest absolute Gasteiger partial charge is 0.486 e. The maximum atomic E-state index is 12.6. The Bertz CT molecular complexity index is 863. The van der Waals surface area contributed by atoms with Crippen LogP contribution in [-0.4, -0.2) is 57.9 Å². The Balaban J connectivity index is 1.31. The van der Waals surface area contributed by atoms with Gasteiger partial charge in [-0.15, -0.1) is 0 Å². The van der Waals surface area contributed by atoms with E-state index in [0.717, 1.165) is 18.8 Å². The van der Waals surface area contributed by atoms with Crippen LogP contribution in [0.25, 0.3) is 0 Å². The van der Waals surface area contributed by atoms with E-state index < -0.39 is 0 Å². The minimum atomic E-state index is -0.374. The van der Waals surface area contributed by atoms with Crippen molar-refractivity contribution in [2.45, 2.75) is 19.9 Å². The lowest BCUT2D eigenvalue weighted by Crippen LogP contribution is -3.14. The molecule has 3 N–H and O–H groups in total. The molecule has 2 aromatic carbocycles. The Kier molecular flexibility index (Phi) is 6.28. The van der Waals surface area contributed by atoms with E-state index in [4.69, 9.17) is 9.47 Å². The van der Waals surface area contributed by atoms with Gasteiger partial charge >= 0.3 is 0 Å². The van der Waals surface area contributed by atoms with Crippen molar-refractivity contribution in [2.24, 2.45) is 0 Å². The van der Waals surface area contributed by atoms with Crippen LogP contribution in [0.2, 0.25) is 0 Å². The fourth-order valence-corrected chi connectivity index (χ4v) is 3.89. The van der Waals surface area contributed by atoms with Crippen molar-refractivity contribution in [3.8, 4) is 11.5 Å². The first-order chi connectivity index (χ1) is 14.6. The molecule has 0 unspecified atom stereocenters. The minimum Gasteiger partial charge on any atom is -0.486 e. The number of hydrogen-bond donors (Lipinski definition) is 3. The van der Waals surface area contributed by atoms with Crippen LogP contribution in [0.3, 0.4) is 0 Å². The lowest BCUT2D eigenvalue weighted by molar-refractivity contribution is -0.898. The maximum Gasteiger partial charge on any atom is 0.246 e. The average molecular weight is 412 g/mol. The third-order valence-corrected chi connectivity index (χ3v) is 5.79. The summed E-state index contributed by atoms with van der Waals surface area (Å²) in [6.45, 7) is 10.9. The van der Waals surface area contributed by atoms with E-state index in [9.17, 15) is 4.79 Å². The number of rotatable bonds is 6.